The smallest absolute Gasteiger partial charge is 0.251 e. The number of hydrogen-bond acceptors (Lipinski definition) is 3. The summed E-state index contributed by atoms with van der Waals surface area (Å²) in [7, 11) is 0. The van der Waals surface area contributed by atoms with Gasteiger partial charge in [0.15, 0.2) is 0 Å². The SMILES string of the molecule is CCCCC/C(C)=N\NC(=O)C[C@@H](NC(=O)c1ccccc1)c1ccccc1. The first-order chi connectivity index (χ1) is 13.6. The van der Waals surface area contributed by atoms with Gasteiger partial charge in [0.05, 0.1) is 12.5 Å². The molecule has 0 heterocycles. The Morgan fingerprint density at radius 1 is 0.964 bits per heavy atom. The van der Waals surface area contributed by atoms with Crippen LogP contribution in [0.2, 0.25) is 0 Å². The summed E-state index contributed by atoms with van der Waals surface area (Å²) in [6, 6.07) is 18.1. The van der Waals surface area contributed by atoms with Crippen LogP contribution in [0.1, 0.15) is 67.9 Å². The van der Waals surface area contributed by atoms with E-state index in [0.29, 0.717) is 5.56 Å². The van der Waals surface area contributed by atoms with Crippen LogP contribution in [-0.2, 0) is 4.79 Å². The van der Waals surface area contributed by atoms with Crippen molar-refractivity contribution in [2.24, 2.45) is 5.10 Å². The van der Waals surface area contributed by atoms with Crippen LogP contribution in [0, 0.1) is 0 Å². The Bertz CT molecular complexity index is 773. The fourth-order valence-electron chi connectivity index (χ4n) is 2.84. The first-order valence-corrected chi connectivity index (χ1v) is 9.83. The number of hydrazone groups is 1. The van der Waals surface area contributed by atoms with Crippen LogP contribution >= 0.6 is 0 Å². The maximum Gasteiger partial charge on any atom is 0.251 e. The van der Waals surface area contributed by atoms with Gasteiger partial charge in [0, 0.05) is 11.3 Å². The summed E-state index contributed by atoms with van der Waals surface area (Å²) in [6.45, 7) is 4.07. The molecule has 0 saturated heterocycles. The second kappa shape index (κ2) is 11.7. The number of carbonyl (C=O) groups excluding carboxylic acids is 2. The number of nitrogens with one attached hydrogen (secondary N) is 2. The monoisotopic (exact) mass is 379 g/mol. The molecule has 1 atom stereocenters. The van der Waals surface area contributed by atoms with Crippen molar-refractivity contribution in [3.05, 3.63) is 71.8 Å². The molecule has 0 spiro atoms. The Balaban J connectivity index is 2.01. The summed E-state index contributed by atoms with van der Waals surface area (Å²) in [5.41, 5.74) is 4.97. The molecule has 2 aromatic carbocycles. The molecule has 0 aliphatic heterocycles. The topological polar surface area (TPSA) is 70.6 Å². The van der Waals surface area contributed by atoms with Crippen molar-refractivity contribution in [1.29, 1.82) is 0 Å². The number of benzene rings is 2. The van der Waals surface area contributed by atoms with Crippen LogP contribution in [0.15, 0.2) is 65.8 Å². The molecule has 0 radical (unpaired) electrons. The van der Waals surface area contributed by atoms with Crippen molar-refractivity contribution in [2.75, 3.05) is 0 Å². The van der Waals surface area contributed by atoms with Crippen molar-refractivity contribution in [1.82, 2.24) is 10.7 Å². The highest BCUT2D eigenvalue weighted by Crippen LogP contribution is 2.17. The van der Waals surface area contributed by atoms with E-state index in [1.54, 1.807) is 12.1 Å². The van der Waals surface area contributed by atoms with E-state index in [2.05, 4.69) is 22.8 Å². The third-order valence-electron chi connectivity index (χ3n) is 4.45. The lowest BCUT2D eigenvalue weighted by Gasteiger charge is -2.18. The molecule has 2 rings (SSSR count). The predicted octanol–water partition coefficient (Wildman–Crippen LogP) is 4.62. The number of rotatable bonds is 10. The van der Waals surface area contributed by atoms with Gasteiger partial charge in [-0.25, -0.2) is 5.43 Å². The molecule has 2 N–H and O–H groups in total. The molecule has 148 valence electrons. The number of nitrogens with zero attached hydrogens (tertiary/aromatic N) is 1. The van der Waals surface area contributed by atoms with Crippen molar-refractivity contribution in [3.8, 4) is 0 Å². The van der Waals surface area contributed by atoms with Gasteiger partial charge < -0.3 is 5.32 Å². The number of unbranched alkanes of at least 4 members (excludes halogenated alkanes) is 2. The van der Waals surface area contributed by atoms with Gasteiger partial charge in [0.1, 0.15) is 0 Å². The van der Waals surface area contributed by atoms with Crippen molar-refractivity contribution >= 4 is 17.5 Å². The molecule has 2 amide bonds. The Hall–Kier alpha value is -2.95. The van der Waals surface area contributed by atoms with E-state index in [1.807, 2.05) is 55.5 Å². The fourth-order valence-corrected chi connectivity index (χ4v) is 2.84. The molecular formula is C23H29N3O2. The van der Waals surface area contributed by atoms with E-state index >= 15 is 0 Å². The van der Waals surface area contributed by atoms with Crippen LogP contribution < -0.4 is 10.7 Å². The van der Waals surface area contributed by atoms with Gasteiger partial charge in [-0.15, -0.1) is 0 Å². The zero-order valence-corrected chi connectivity index (χ0v) is 16.7. The molecule has 0 aromatic heterocycles. The molecular weight excluding hydrogens is 350 g/mol. The van der Waals surface area contributed by atoms with E-state index < -0.39 is 6.04 Å². The van der Waals surface area contributed by atoms with Crippen LogP contribution in [0.4, 0.5) is 0 Å². The van der Waals surface area contributed by atoms with Gasteiger partial charge in [-0.2, -0.15) is 5.10 Å². The van der Waals surface area contributed by atoms with Gasteiger partial charge in [0.25, 0.3) is 5.91 Å². The molecule has 2 aromatic rings. The second-order valence-corrected chi connectivity index (χ2v) is 6.85. The molecule has 0 bridgehead atoms. The highest BCUT2D eigenvalue weighted by Gasteiger charge is 2.19. The maximum atomic E-state index is 12.6. The second-order valence-electron chi connectivity index (χ2n) is 6.85. The molecule has 0 fully saturated rings. The van der Waals surface area contributed by atoms with E-state index in [0.717, 1.165) is 37.0 Å². The van der Waals surface area contributed by atoms with E-state index in [1.165, 1.54) is 0 Å². The fraction of sp³-hybridized carbons (Fsp3) is 0.348. The van der Waals surface area contributed by atoms with Gasteiger partial charge in [-0.1, -0.05) is 68.3 Å². The minimum absolute atomic E-state index is 0.119. The zero-order valence-electron chi connectivity index (χ0n) is 16.7. The average Bonchev–Trinajstić information content (AvgIpc) is 2.73. The lowest BCUT2D eigenvalue weighted by Crippen LogP contribution is -2.32. The normalized spacial score (nSPS) is 12.3. The summed E-state index contributed by atoms with van der Waals surface area (Å²) < 4.78 is 0. The number of carbonyl (C=O) groups is 2. The van der Waals surface area contributed by atoms with Crippen molar-refractivity contribution in [2.45, 2.75) is 52.0 Å². The van der Waals surface area contributed by atoms with E-state index in [4.69, 9.17) is 0 Å². The van der Waals surface area contributed by atoms with Crippen LogP contribution in [-0.4, -0.2) is 17.5 Å². The summed E-state index contributed by atoms with van der Waals surface area (Å²) in [5.74, 6) is -0.432. The first kappa shape index (κ1) is 21.4. The van der Waals surface area contributed by atoms with Gasteiger partial charge >= 0.3 is 0 Å². The summed E-state index contributed by atoms with van der Waals surface area (Å²) >= 11 is 0. The third kappa shape index (κ3) is 7.35. The molecule has 0 aliphatic rings. The summed E-state index contributed by atoms with van der Waals surface area (Å²) in [5, 5.41) is 7.15. The average molecular weight is 380 g/mol. The molecule has 0 saturated carbocycles. The quantitative estimate of drug-likeness (QED) is 0.359. The largest absolute Gasteiger partial charge is 0.345 e. The molecule has 28 heavy (non-hydrogen) atoms. The van der Waals surface area contributed by atoms with Crippen LogP contribution in [0.25, 0.3) is 0 Å². The Kier molecular flexibility index (Phi) is 8.92. The summed E-state index contributed by atoms with van der Waals surface area (Å²) in [4.78, 5) is 25.0. The lowest BCUT2D eigenvalue weighted by atomic mass is 10.0. The highest BCUT2D eigenvalue weighted by atomic mass is 16.2. The molecule has 5 nitrogen and oxygen atoms in total. The molecule has 0 aliphatic carbocycles. The lowest BCUT2D eigenvalue weighted by molar-refractivity contribution is -0.121. The van der Waals surface area contributed by atoms with Crippen LogP contribution in [0.3, 0.4) is 0 Å². The zero-order chi connectivity index (χ0) is 20.2. The molecule has 0 unspecified atom stereocenters. The van der Waals surface area contributed by atoms with Crippen molar-refractivity contribution < 1.29 is 9.59 Å². The van der Waals surface area contributed by atoms with Gasteiger partial charge in [0.2, 0.25) is 5.91 Å². The minimum Gasteiger partial charge on any atom is -0.345 e. The predicted molar refractivity (Wildman–Crippen MR) is 113 cm³/mol. The summed E-state index contributed by atoms with van der Waals surface area (Å²) in [6.07, 6.45) is 4.37. The first-order valence-electron chi connectivity index (χ1n) is 9.83. The minimum atomic E-state index is -0.426. The van der Waals surface area contributed by atoms with Crippen molar-refractivity contribution in [3.63, 3.8) is 0 Å². The number of hydrogen-bond donors (Lipinski definition) is 2. The third-order valence-corrected chi connectivity index (χ3v) is 4.45. The standard InChI is InChI=1S/C23H29N3O2/c1-3-4-7-12-18(2)25-26-22(27)17-21(19-13-8-5-9-14-19)24-23(28)20-15-10-6-11-16-20/h5-6,8-11,13-16,21H,3-4,7,12,17H2,1-2H3,(H,24,28)(H,26,27)/b25-18-/t21-/m1/s1. The highest BCUT2D eigenvalue weighted by molar-refractivity contribution is 5.94. The number of amides is 2. The van der Waals surface area contributed by atoms with Gasteiger partial charge in [-0.05, 0) is 37.5 Å². The van der Waals surface area contributed by atoms with Gasteiger partial charge in [-0.3, -0.25) is 9.59 Å². The van der Waals surface area contributed by atoms with Crippen LogP contribution in [0.5, 0.6) is 0 Å². The molecule has 5 heteroatoms. The Labute approximate surface area is 167 Å². The Morgan fingerprint density at radius 3 is 2.25 bits per heavy atom. The maximum absolute atomic E-state index is 12.6. The Morgan fingerprint density at radius 2 is 1.61 bits per heavy atom. The van der Waals surface area contributed by atoms with E-state index in [9.17, 15) is 9.59 Å². The van der Waals surface area contributed by atoms with E-state index in [-0.39, 0.29) is 18.2 Å².